The topological polar surface area (TPSA) is 46.8 Å². The van der Waals surface area contributed by atoms with E-state index in [9.17, 15) is 4.79 Å². The Bertz CT molecular complexity index is 1020. The molecular formula is C20H29N3O2. The predicted molar refractivity (Wildman–Crippen MR) is 98.9 cm³/mol. The van der Waals surface area contributed by atoms with E-state index in [0.29, 0.717) is 17.0 Å². The Morgan fingerprint density at radius 3 is 2.92 bits per heavy atom. The Hall–Kier alpha value is -2.04. The lowest BCUT2D eigenvalue weighted by molar-refractivity contribution is 0.00984. The highest BCUT2D eigenvalue weighted by Gasteiger charge is 2.31. The van der Waals surface area contributed by atoms with Crippen LogP contribution >= 0.6 is 0 Å². The van der Waals surface area contributed by atoms with Gasteiger partial charge < -0.3 is 14.0 Å². The number of aromatic nitrogens is 2. The molecule has 5 nitrogen and oxygen atoms in total. The van der Waals surface area contributed by atoms with E-state index in [1.165, 1.54) is 0 Å². The highest BCUT2D eigenvalue weighted by molar-refractivity contribution is 5.68. The molecule has 2 unspecified atom stereocenters. The molecule has 0 aromatic carbocycles. The average Bonchev–Trinajstić information content (AvgIpc) is 2.93. The van der Waals surface area contributed by atoms with Crippen molar-refractivity contribution in [3.63, 3.8) is 0 Å². The molecule has 5 heteroatoms. The molecule has 2 atom stereocenters. The zero-order valence-corrected chi connectivity index (χ0v) is 15.4. The summed E-state index contributed by atoms with van der Waals surface area (Å²) in [6.45, 7) is 8.18. The van der Waals surface area contributed by atoms with E-state index in [2.05, 4.69) is 4.98 Å². The van der Waals surface area contributed by atoms with Crippen LogP contribution in [0.2, 0.25) is 0 Å². The standard InChI is InChI=1S/C20H29N3O2/c1-14-9-8-12-22-15(2)17(21-18(14)22)13-16-10-6-7-11-23(16)19(24)25-20(3,4)5/h8-9,12,16H,6-7,10-11,13H2,1-5H3/i6D2,7D,10D2,16D. The molecule has 0 N–H and O–H groups in total. The van der Waals surface area contributed by atoms with E-state index >= 15 is 0 Å². The molecule has 0 radical (unpaired) electrons. The van der Waals surface area contributed by atoms with Crippen molar-refractivity contribution in [3.05, 3.63) is 35.3 Å². The molecule has 0 spiro atoms. The van der Waals surface area contributed by atoms with Gasteiger partial charge in [-0.2, -0.15) is 0 Å². The molecule has 1 aliphatic rings. The number of carbonyl (C=O) groups is 1. The van der Waals surface area contributed by atoms with Crippen molar-refractivity contribution in [1.82, 2.24) is 14.3 Å². The van der Waals surface area contributed by atoms with E-state index in [1.54, 1.807) is 27.7 Å². The van der Waals surface area contributed by atoms with Crippen LogP contribution in [-0.4, -0.2) is 38.5 Å². The highest BCUT2D eigenvalue weighted by Crippen LogP contribution is 2.25. The normalized spacial score (nSPS) is 32.0. The highest BCUT2D eigenvalue weighted by atomic mass is 16.6. The summed E-state index contributed by atoms with van der Waals surface area (Å²) in [6.07, 6.45) is -6.58. The zero-order valence-electron chi connectivity index (χ0n) is 21.4. The summed E-state index contributed by atoms with van der Waals surface area (Å²) >= 11 is 0. The SMILES string of the molecule is [2H]C1CN(C(=O)OC(C)(C)C)C([2H])(Cc2nc3c(C)cccn3c2C)C([2H])([2H])C1([2H])[2H]. The molecule has 1 amide bonds. The third-order valence-electron chi connectivity index (χ3n) is 4.05. The maximum atomic E-state index is 13.0. The fourth-order valence-corrected chi connectivity index (χ4v) is 2.79. The molecule has 3 heterocycles. The maximum Gasteiger partial charge on any atom is 0.410 e. The molecule has 0 saturated carbocycles. The van der Waals surface area contributed by atoms with E-state index in [4.69, 9.17) is 13.0 Å². The third-order valence-corrected chi connectivity index (χ3v) is 4.05. The second-order valence-corrected chi connectivity index (χ2v) is 7.22. The average molecular weight is 350 g/mol. The van der Waals surface area contributed by atoms with Gasteiger partial charge in [-0.15, -0.1) is 0 Å². The maximum absolute atomic E-state index is 13.0. The summed E-state index contributed by atoms with van der Waals surface area (Å²) in [5.41, 5.74) is 1.72. The summed E-state index contributed by atoms with van der Waals surface area (Å²) in [4.78, 5) is 18.4. The van der Waals surface area contributed by atoms with Crippen molar-refractivity contribution < 1.29 is 17.8 Å². The molecule has 0 bridgehead atoms. The Balaban J connectivity index is 2.14. The number of fused-ring (bicyclic) bond motifs is 1. The van der Waals surface area contributed by atoms with Gasteiger partial charge in [0.15, 0.2) is 0 Å². The van der Waals surface area contributed by atoms with Crippen LogP contribution < -0.4 is 0 Å². The molecule has 1 aliphatic heterocycles. The van der Waals surface area contributed by atoms with Crippen LogP contribution in [0, 0.1) is 13.8 Å². The molecule has 0 aliphatic carbocycles. The summed E-state index contributed by atoms with van der Waals surface area (Å²) in [5, 5.41) is 0. The molecule has 25 heavy (non-hydrogen) atoms. The van der Waals surface area contributed by atoms with Crippen LogP contribution in [0.25, 0.3) is 5.65 Å². The van der Waals surface area contributed by atoms with E-state index in [-0.39, 0.29) is 6.42 Å². The van der Waals surface area contributed by atoms with E-state index < -0.39 is 43.4 Å². The molecule has 2 aromatic rings. The first-order chi connectivity index (χ1) is 14.0. The van der Waals surface area contributed by atoms with Gasteiger partial charge in [0.2, 0.25) is 0 Å². The number of hydrogen-bond acceptors (Lipinski definition) is 3. The first-order valence-electron chi connectivity index (χ1n) is 11.5. The number of likely N-dealkylation sites (tertiary alicyclic amines) is 1. The summed E-state index contributed by atoms with van der Waals surface area (Å²) in [6, 6.07) is 1.37. The zero-order chi connectivity index (χ0) is 23.6. The van der Waals surface area contributed by atoms with E-state index in [1.807, 2.05) is 29.7 Å². The first-order valence-corrected chi connectivity index (χ1v) is 8.39. The number of amides is 1. The Kier molecular flexibility index (Phi) is 3.09. The lowest BCUT2D eigenvalue weighted by Gasteiger charge is -2.36. The van der Waals surface area contributed by atoms with Gasteiger partial charge in [-0.05, 0) is 65.4 Å². The van der Waals surface area contributed by atoms with Gasteiger partial charge >= 0.3 is 6.09 Å². The van der Waals surface area contributed by atoms with Crippen molar-refractivity contribution in [3.8, 4) is 0 Å². The minimum Gasteiger partial charge on any atom is -0.444 e. The number of hydrogen-bond donors (Lipinski definition) is 0. The molecule has 1 fully saturated rings. The number of pyridine rings is 1. The minimum atomic E-state index is -2.86. The van der Waals surface area contributed by atoms with Crippen LogP contribution in [0.4, 0.5) is 4.79 Å². The molecule has 1 saturated heterocycles. The van der Waals surface area contributed by atoms with Crippen molar-refractivity contribution >= 4 is 11.7 Å². The number of ether oxygens (including phenoxy) is 1. The minimum absolute atomic E-state index is 0.349. The van der Waals surface area contributed by atoms with Crippen molar-refractivity contribution in [2.45, 2.75) is 71.8 Å². The van der Waals surface area contributed by atoms with Gasteiger partial charge in [0.1, 0.15) is 11.2 Å². The molecule has 2 aromatic heterocycles. The van der Waals surface area contributed by atoms with Crippen LogP contribution in [0.5, 0.6) is 0 Å². The van der Waals surface area contributed by atoms with Crippen LogP contribution in [0.15, 0.2) is 18.3 Å². The fraction of sp³-hybridized carbons (Fsp3) is 0.600. The Labute approximate surface area is 158 Å². The summed E-state index contributed by atoms with van der Waals surface area (Å²) < 4.78 is 58.1. The second kappa shape index (κ2) is 6.70. The van der Waals surface area contributed by atoms with Crippen LogP contribution in [0.1, 0.15) is 65.1 Å². The molecular weight excluding hydrogens is 314 g/mol. The van der Waals surface area contributed by atoms with E-state index in [0.717, 1.165) is 10.5 Å². The van der Waals surface area contributed by atoms with Gasteiger partial charge in [0.25, 0.3) is 0 Å². The number of rotatable bonds is 2. The number of piperidine rings is 1. The predicted octanol–water partition coefficient (Wildman–Crippen LogP) is 4.28. The lowest BCUT2D eigenvalue weighted by Crippen LogP contribution is -2.47. The molecule has 3 rings (SSSR count). The van der Waals surface area contributed by atoms with Crippen molar-refractivity contribution in [2.75, 3.05) is 6.54 Å². The fourth-order valence-electron chi connectivity index (χ4n) is 2.79. The van der Waals surface area contributed by atoms with Crippen LogP contribution in [-0.2, 0) is 11.2 Å². The Morgan fingerprint density at radius 2 is 2.24 bits per heavy atom. The number of carbonyl (C=O) groups excluding carboxylic acids is 1. The van der Waals surface area contributed by atoms with Gasteiger partial charge in [-0.3, -0.25) is 0 Å². The van der Waals surface area contributed by atoms with Gasteiger partial charge in [-0.25, -0.2) is 9.78 Å². The number of aryl methyl sites for hydroxylation is 2. The first kappa shape index (κ1) is 11.6. The lowest BCUT2D eigenvalue weighted by atomic mass is 9.98. The van der Waals surface area contributed by atoms with Crippen molar-refractivity contribution in [1.29, 1.82) is 0 Å². The quantitative estimate of drug-likeness (QED) is 0.813. The summed E-state index contributed by atoms with van der Waals surface area (Å²) in [5.74, 6) is 0. The second-order valence-electron chi connectivity index (χ2n) is 7.22. The Morgan fingerprint density at radius 1 is 1.48 bits per heavy atom. The third kappa shape index (κ3) is 3.80. The number of imidazole rings is 1. The smallest absolute Gasteiger partial charge is 0.410 e. The monoisotopic (exact) mass is 349 g/mol. The largest absolute Gasteiger partial charge is 0.444 e. The summed E-state index contributed by atoms with van der Waals surface area (Å²) in [7, 11) is 0. The van der Waals surface area contributed by atoms with Crippen molar-refractivity contribution in [2.24, 2.45) is 0 Å². The number of nitrogens with zero attached hydrogens (tertiary/aromatic N) is 3. The van der Waals surface area contributed by atoms with Gasteiger partial charge in [0, 0.05) is 37.7 Å². The molecule has 136 valence electrons. The van der Waals surface area contributed by atoms with Crippen LogP contribution in [0.3, 0.4) is 0 Å². The van der Waals surface area contributed by atoms with Gasteiger partial charge in [-0.1, -0.05) is 6.07 Å². The van der Waals surface area contributed by atoms with Gasteiger partial charge in [0.05, 0.1) is 7.06 Å².